The fraction of sp³-hybridized carbons (Fsp3) is 0.571. The summed E-state index contributed by atoms with van der Waals surface area (Å²) in [6, 6.07) is 7.95. The number of amides is 2. The van der Waals surface area contributed by atoms with Crippen LogP contribution in [0.1, 0.15) is 55.9 Å². The Bertz CT molecular complexity index is 830. The van der Waals surface area contributed by atoms with E-state index >= 15 is 0 Å². The molecule has 4 rings (SSSR count). The van der Waals surface area contributed by atoms with Crippen LogP contribution in [0, 0.1) is 5.92 Å². The van der Waals surface area contributed by atoms with Crippen LogP contribution in [0.25, 0.3) is 10.9 Å². The van der Waals surface area contributed by atoms with Crippen molar-refractivity contribution >= 4 is 22.7 Å². The second kappa shape index (κ2) is 7.71. The predicted octanol–water partition coefficient (Wildman–Crippen LogP) is 2.97. The highest BCUT2D eigenvalue weighted by Crippen LogP contribution is 2.24. The Kier molecular flexibility index (Phi) is 5.14. The summed E-state index contributed by atoms with van der Waals surface area (Å²) in [4.78, 5) is 27.3. The monoisotopic (exact) mass is 368 g/mol. The van der Waals surface area contributed by atoms with Crippen molar-refractivity contribution in [1.82, 2.24) is 20.0 Å². The standard InChI is InChI=1S/C21H28N4O2/c1-15-8-10-16(11-9-15)22-19(26)14-25-18-7-3-2-6-17(18)20(23-25)21(27)24-12-4-5-13-24/h2-3,6-7,15-16H,4-5,8-14H2,1H3,(H,22,26). The van der Waals surface area contributed by atoms with Gasteiger partial charge >= 0.3 is 0 Å². The number of benzene rings is 1. The van der Waals surface area contributed by atoms with Crippen molar-refractivity contribution in [3.05, 3.63) is 30.0 Å². The highest BCUT2D eigenvalue weighted by atomic mass is 16.2. The van der Waals surface area contributed by atoms with Crippen LogP contribution < -0.4 is 5.32 Å². The van der Waals surface area contributed by atoms with E-state index in [1.54, 1.807) is 4.68 Å². The molecule has 27 heavy (non-hydrogen) atoms. The van der Waals surface area contributed by atoms with Crippen LogP contribution in [0.15, 0.2) is 24.3 Å². The van der Waals surface area contributed by atoms with Gasteiger partial charge in [0.2, 0.25) is 5.91 Å². The van der Waals surface area contributed by atoms with Gasteiger partial charge in [0.1, 0.15) is 6.54 Å². The summed E-state index contributed by atoms with van der Waals surface area (Å²) >= 11 is 0. The summed E-state index contributed by atoms with van der Waals surface area (Å²) in [7, 11) is 0. The fourth-order valence-corrected chi connectivity index (χ4v) is 4.29. The normalized spacial score (nSPS) is 22.9. The number of aromatic nitrogens is 2. The van der Waals surface area contributed by atoms with Gasteiger partial charge in [0.05, 0.1) is 5.52 Å². The SMILES string of the molecule is CC1CCC(NC(=O)Cn2nc(C(=O)N3CCCC3)c3ccccc32)CC1. The van der Waals surface area contributed by atoms with Crippen molar-refractivity contribution in [2.24, 2.45) is 5.92 Å². The van der Waals surface area contributed by atoms with E-state index in [0.717, 1.165) is 55.6 Å². The molecule has 1 N–H and O–H groups in total. The number of hydrogen-bond donors (Lipinski definition) is 1. The number of hydrogen-bond acceptors (Lipinski definition) is 3. The van der Waals surface area contributed by atoms with Crippen molar-refractivity contribution < 1.29 is 9.59 Å². The molecule has 2 aliphatic rings. The lowest BCUT2D eigenvalue weighted by atomic mass is 9.87. The Labute approximate surface area is 159 Å². The zero-order valence-corrected chi connectivity index (χ0v) is 16.0. The first kappa shape index (κ1) is 18.0. The molecule has 2 fully saturated rings. The topological polar surface area (TPSA) is 67.2 Å². The first-order valence-electron chi connectivity index (χ1n) is 10.2. The van der Waals surface area contributed by atoms with Crippen LogP contribution in [0.3, 0.4) is 0 Å². The highest BCUT2D eigenvalue weighted by Gasteiger charge is 2.26. The van der Waals surface area contributed by atoms with E-state index in [1.807, 2.05) is 29.2 Å². The van der Waals surface area contributed by atoms with E-state index < -0.39 is 0 Å². The Morgan fingerprint density at radius 3 is 2.56 bits per heavy atom. The smallest absolute Gasteiger partial charge is 0.275 e. The first-order chi connectivity index (χ1) is 13.1. The second-order valence-corrected chi connectivity index (χ2v) is 8.05. The molecule has 1 aliphatic heterocycles. The van der Waals surface area contributed by atoms with Gasteiger partial charge in [-0.05, 0) is 50.5 Å². The van der Waals surface area contributed by atoms with E-state index in [1.165, 1.54) is 12.8 Å². The number of rotatable bonds is 4. The Morgan fingerprint density at radius 2 is 1.81 bits per heavy atom. The molecular formula is C21H28N4O2. The third-order valence-corrected chi connectivity index (χ3v) is 5.93. The number of carbonyl (C=O) groups excluding carboxylic acids is 2. The maximum absolute atomic E-state index is 12.9. The Balaban J connectivity index is 1.51. The van der Waals surface area contributed by atoms with Gasteiger partial charge in [0.15, 0.2) is 5.69 Å². The van der Waals surface area contributed by atoms with E-state index in [2.05, 4.69) is 17.3 Å². The molecule has 2 heterocycles. The first-order valence-corrected chi connectivity index (χ1v) is 10.2. The molecule has 6 heteroatoms. The minimum absolute atomic E-state index is 0.0240. The van der Waals surface area contributed by atoms with Gasteiger partial charge in [-0.3, -0.25) is 14.3 Å². The van der Waals surface area contributed by atoms with Gasteiger partial charge in [-0.2, -0.15) is 5.10 Å². The van der Waals surface area contributed by atoms with E-state index in [-0.39, 0.29) is 24.4 Å². The summed E-state index contributed by atoms with van der Waals surface area (Å²) in [6.07, 6.45) is 6.53. The average molecular weight is 368 g/mol. The van der Waals surface area contributed by atoms with Crippen LogP contribution in [0.4, 0.5) is 0 Å². The van der Waals surface area contributed by atoms with E-state index in [0.29, 0.717) is 5.69 Å². The van der Waals surface area contributed by atoms with E-state index in [4.69, 9.17) is 0 Å². The Morgan fingerprint density at radius 1 is 1.11 bits per heavy atom. The predicted molar refractivity (Wildman–Crippen MR) is 104 cm³/mol. The average Bonchev–Trinajstić information content (AvgIpc) is 3.32. The maximum atomic E-state index is 12.9. The second-order valence-electron chi connectivity index (χ2n) is 8.05. The van der Waals surface area contributed by atoms with Crippen molar-refractivity contribution in [2.45, 2.75) is 58.0 Å². The summed E-state index contributed by atoms with van der Waals surface area (Å²) in [5.41, 5.74) is 1.30. The van der Waals surface area contributed by atoms with E-state index in [9.17, 15) is 9.59 Å². The molecule has 1 aliphatic carbocycles. The minimum atomic E-state index is -0.0250. The summed E-state index contributed by atoms with van der Waals surface area (Å²) in [5.74, 6) is 0.708. The van der Waals surface area contributed by atoms with Crippen molar-refractivity contribution in [3.8, 4) is 0 Å². The van der Waals surface area contributed by atoms with Crippen molar-refractivity contribution in [2.75, 3.05) is 13.1 Å². The van der Waals surface area contributed by atoms with Gasteiger partial charge in [0.25, 0.3) is 5.91 Å². The van der Waals surface area contributed by atoms with Gasteiger partial charge in [-0.15, -0.1) is 0 Å². The summed E-state index contributed by atoms with van der Waals surface area (Å²) in [6.45, 7) is 4.01. The fourth-order valence-electron chi connectivity index (χ4n) is 4.29. The quantitative estimate of drug-likeness (QED) is 0.902. The molecule has 0 atom stereocenters. The van der Waals surface area contributed by atoms with Gasteiger partial charge in [0, 0.05) is 24.5 Å². The number of likely N-dealkylation sites (tertiary alicyclic amines) is 1. The van der Waals surface area contributed by atoms with Crippen molar-refractivity contribution in [3.63, 3.8) is 0 Å². The lowest BCUT2D eigenvalue weighted by Gasteiger charge is -2.26. The summed E-state index contributed by atoms with van der Waals surface area (Å²) in [5, 5.41) is 8.52. The molecule has 6 nitrogen and oxygen atoms in total. The molecule has 144 valence electrons. The number of para-hydroxylation sites is 1. The van der Waals surface area contributed by atoms with Crippen LogP contribution in [0.5, 0.6) is 0 Å². The molecule has 0 bridgehead atoms. The lowest BCUT2D eigenvalue weighted by Crippen LogP contribution is -2.39. The molecular weight excluding hydrogens is 340 g/mol. The van der Waals surface area contributed by atoms with Crippen molar-refractivity contribution in [1.29, 1.82) is 0 Å². The maximum Gasteiger partial charge on any atom is 0.275 e. The molecule has 2 amide bonds. The minimum Gasteiger partial charge on any atom is -0.352 e. The van der Waals surface area contributed by atoms with Crippen LogP contribution in [0.2, 0.25) is 0 Å². The largest absolute Gasteiger partial charge is 0.352 e. The third kappa shape index (κ3) is 3.84. The molecule has 0 unspecified atom stereocenters. The lowest BCUT2D eigenvalue weighted by molar-refractivity contribution is -0.122. The summed E-state index contributed by atoms with van der Waals surface area (Å²) < 4.78 is 1.68. The Hall–Kier alpha value is -2.37. The molecule has 1 aromatic heterocycles. The number of fused-ring (bicyclic) bond motifs is 1. The zero-order valence-electron chi connectivity index (χ0n) is 16.0. The number of nitrogens with zero attached hydrogens (tertiary/aromatic N) is 3. The zero-order chi connectivity index (χ0) is 18.8. The van der Waals surface area contributed by atoms with Crippen LogP contribution >= 0.6 is 0 Å². The molecule has 1 aromatic carbocycles. The third-order valence-electron chi connectivity index (χ3n) is 5.93. The number of nitrogens with one attached hydrogen (secondary N) is 1. The van der Waals surface area contributed by atoms with Crippen LogP contribution in [-0.2, 0) is 11.3 Å². The number of carbonyl (C=O) groups is 2. The molecule has 0 spiro atoms. The molecule has 2 aromatic rings. The molecule has 1 saturated carbocycles. The molecule has 1 saturated heterocycles. The van der Waals surface area contributed by atoms with Crippen LogP contribution in [-0.4, -0.2) is 45.6 Å². The van der Waals surface area contributed by atoms with Gasteiger partial charge < -0.3 is 10.2 Å². The van der Waals surface area contributed by atoms with Gasteiger partial charge in [-0.1, -0.05) is 25.1 Å². The molecule has 0 radical (unpaired) electrons. The van der Waals surface area contributed by atoms with Gasteiger partial charge in [-0.25, -0.2) is 0 Å². The highest BCUT2D eigenvalue weighted by molar-refractivity contribution is 6.05.